The van der Waals surface area contributed by atoms with Crippen LogP contribution in [0.2, 0.25) is 0 Å². The molecule has 1 unspecified atom stereocenters. The number of carboxylic acid groups (broad SMARTS) is 1. The molecule has 0 amide bonds. The third kappa shape index (κ3) is 1.62. The van der Waals surface area contributed by atoms with E-state index >= 15 is 0 Å². The number of carboxylic acids is 1. The standard InChI is InChI=1S/C10H15N3O2/c1-6(8-4-3-5-8)13-7(2)9(10(14)15)11-12-13/h6,8H,3-5H2,1-2H3,(H,14,15). The fourth-order valence-electron chi connectivity index (χ4n) is 2.05. The van der Waals surface area contributed by atoms with Crippen LogP contribution in [-0.2, 0) is 0 Å². The number of carbonyl (C=O) groups is 1. The Hall–Kier alpha value is -1.39. The summed E-state index contributed by atoms with van der Waals surface area (Å²) in [5.41, 5.74) is 0.725. The van der Waals surface area contributed by atoms with Crippen molar-refractivity contribution >= 4 is 5.97 Å². The van der Waals surface area contributed by atoms with E-state index < -0.39 is 5.97 Å². The normalized spacial score (nSPS) is 18.5. The predicted octanol–water partition coefficient (Wildman–Crippen LogP) is 1.65. The number of nitrogens with zero attached hydrogens (tertiary/aromatic N) is 3. The van der Waals surface area contributed by atoms with Gasteiger partial charge in [-0.2, -0.15) is 0 Å². The van der Waals surface area contributed by atoms with Crippen LogP contribution in [0.5, 0.6) is 0 Å². The van der Waals surface area contributed by atoms with Gasteiger partial charge in [0.15, 0.2) is 5.69 Å². The van der Waals surface area contributed by atoms with Crippen molar-refractivity contribution in [1.82, 2.24) is 15.0 Å². The molecule has 0 aromatic carbocycles. The summed E-state index contributed by atoms with van der Waals surface area (Å²) in [5.74, 6) is -0.369. The van der Waals surface area contributed by atoms with Gasteiger partial charge in [-0.1, -0.05) is 11.6 Å². The van der Waals surface area contributed by atoms with Crippen LogP contribution in [0, 0.1) is 12.8 Å². The maximum atomic E-state index is 10.8. The molecule has 5 nitrogen and oxygen atoms in total. The smallest absolute Gasteiger partial charge is 0.358 e. The van der Waals surface area contributed by atoms with E-state index in [9.17, 15) is 4.79 Å². The van der Waals surface area contributed by atoms with E-state index in [1.54, 1.807) is 11.6 Å². The monoisotopic (exact) mass is 209 g/mol. The van der Waals surface area contributed by atoms with Gasteiger partial charge in [0, 0.05) is 0 Å². The molecule has 0 bridgehead atoms. The Kier molecular flexibility index (Phi) is 2.46. The summed E-state index contributed by atoms with van der Waals surface area (Å²) in [6.45, 7) is 3.84. The molecule has 1 aromatic rings. The fourth-order valence-corrected chi connectivity index (χ4v) is 2.05. The highest BCUT2D eigenvalue weighted by molar-refractivity contribution is 5.86. The quantitative estimate of drug-likeness (QED) is 0.821. The Morgan fingerprint density at radius 2 is 2.27 bits per heavy atom. The molecule has 1 N–H and O–H groups in total. The molecular weight excluding hydrogens is 194 g/mol. The molecular formula is C10H15N3O2. The second-order valence-corrected chi connectivity index (χ2v) is 4.20. The van der Waals surface area contributed by atoms with Crippen molar-refractivity contribution in [2.45, 2.75) is 39.2 Å². The average Bonchev–Trinajstić information content (AvgIpc) is 2.43. The lowest BCUT2D eigenvalue weighted by molar-refractivity contribution is 0.0689. The van der Waals surface area contributed by atoms with Crippen molar-refractivity contribution in [1.29, 1.82) is 0 Å². The Morgan fingerprint density at radius 3 is 2.67 bits per heavy atom. The molecule has 0 spiro atoms. The Labute approximate surface area is 88.1 Å². The molecule has 0 aliphatic heterocycles. The van der Waals surface area contributed by atoms with Crippen molar-refractivity contribution in [2.24, 2.45) is 5.92 Å². The fraction of sp³-hybridized carbons (Fsp3) is 0.700. The minimum Gasteiger partial charge on any atom is -0.476 e. The minimum absolute atomic E-state index is 0.0705. The zero-order chi connectivity index (χ0) is 11.0. The van der Waals surface area contributed by atoms with Gasteiger partial charge in [0.1, 0.15) is 0 Å². The van der Waals surface area contributed by atoms with Gasteiger partial charge in [-0.25, -0.2) is 9.48 Å². The third-order valence-electron chi connectivity index (χ3n) is 3.35. The summed E-state index contributed by atoms with van der Waals surface area (Å²) < 4.78 is 1.74. The van der Waals surface area contributed by atoms with Gasteiger partial charge >= 0.3 is 5.97 Å². The van der Waals surface area contributed by atoms with Crippen molar-refractivity contribution < 1.29 is 9.90 Å². The summed E-state index contributed by atoms with van der Waals surface area (Å²) in [5, 5.41) is 16.5. The number of hydrogen-bond donors (Lipinski definition) is 1. The maximum absolute atomic E-state index is 10.8. The summed E-state index contributed by atoms with van der Waals surface area (Å²) in [4.78, 5) is 10.8. The van der Waals surface area contributed by atoms with Gasteiger partial charge in [-0.05, 0) is 32.6 Å². The number of aromatic carboxylic acids is 1. The first-order valence-corrected chi connectivity index (χ1v) is 5.26. The van der Waals surface area contributed by atoms with E-state index in [2.05, 4.69) is 17.2 Å². The van der Waals surface area contributed by atoms with Crippen molar-refractivity contribution in [3.63, 3.8) is 0 Å². The zero-order valence-corrected chi connectivity index (χ0v) is 8.97. The van der Waals surface area contributed by atoms with Gasteiger partial charge in [-0.3, -0.25) is 0 Å². The third-order valence-corrected chi connectivity index (χ3v) is 3.35. The minimum atomic E-state index is -1.00. The first-order valence-electron chi connectivity index (χ1n) is 5.26. The molecule has 15 heavy (non-hydrogen) atoms. The van der Waals surface area contributed by atoms with E-state index in [4.69, 9.17) is 5.11 Å². The van der Waals surface area contributed by atoms with E-state index in [1.165, 1.54) is 19.3 Å². The van der Waals surface area contributed by atoms with Crippen LogP contribution in [0.4, 0.5) is 0 Å². The van der Waals surface area contributed by atoms with Crippen molar-refractivity contribution in [3.05, 3.63) is 11.4 Å². The molecule has 1 fully saturated rings. The van der Waals surface area contributed by atoms with Crippen LogP contribution in [0.15, 0.2) is 0 Å². The molecule has 1 aliphatic carbocycles. The first kappa shape index (κ1) is 10.1. The average molecular weight is 209 g/mol. The Bertz CT molecular complexity index is 382. The van der Waals surface area contributed by atoms with E-state index in [0.29, 0.717) is 11.6 Å². The predicted molar refractivity (Wildman–Crippen MR) is 53.8 cm³/mol. The zero-order valence-electron chi connectivity index (χ0n) is 8.97. The molecule has 5 heteroatoms. The summed E-state index contributed by atoms with van der Waals surface area (Å²) >= 11 is 0. The molecule has 1 aromatic heterocycles. The molecule has 1 atom stereocenters. The molecule has 1 aliphatic rings. The molecule has 1 heterocycles. The molecule has 0 radical (unpaired) electrons. The van der Waals surface area contributed by atoms with Crippen LogP contribution in [-0.4, -0.2) is 26.1 Å². The number of rotatable bonds is 3. The van der Waals surface area contributed by atoms with Crippen LogP contribution < -0.4 is 0 Å². The Morgan fingerprint density at radius 1 is 1.60 bits per heavy atom. The van der Waals surface area contributed by atoms with Crippen LogP contribution >= 0.6 is 0 Å². The topological polar surface area (TPSA) is 68.0 Å². The lowest BCUT2D eigenvalue weighted by Gasteiger charge is -2.31. The number of hydrogen-bond acceptors (Lipinski definition) is 3. The highest BCUT2D eigenvalue weighted by Gasteiger charge is 2.28. The van der Waals surface area contributed by atoms with Crippen LogP contribution in [0.3, 0.4) is 0 Å². The van der Waals surface area contributed by atoms with Gasteiger partial charge < -0.3 is 5.11 Å². The van der Waals surface area contributed by atoms with Crippen LogP contribution in [0.1, 0.15) is 48.4 Å². The highest BCUT2D eigenvalue weighted by Crippen LogP contribution is 2.36. The van der Waals surface area contributed by atoms with Gasteiger partial charge in [0.2, 0.25) is 0 Å². The van der Waals surface area contributed by atoms with Gasteiger partial charge in [0.05, 0.1) is 11.7 Å². The lowest BCUT2D eigenvalue weighted by Crippen LogP contribution is -2.24. The summed E-state index contributed by atoms with van der Waals surface area (Å²) in [6.07, 6.45) is 3.69. The molecule has 82 valence electrons. The van der Waals surface area contributed by atoms with Crippen molar-refractivity contribution in [2.75, 3.05) is 0 Å². The SMILES string of the molecule is Cc1c(C(=O)O)nnn1C(C)C1CCC1. The lowest BCUT2D eigenvalue weighted by atomic mass is 9.80. The number of aromatic nitrogens is 3. The summed E-state index contributed by atoms with van der Waals surface area (Å²) in [7, 11) is 0. The highest BCUT2D eigenvalue weighted by atomic mass is 16.4. The van der Waals surface area contributed by atoms with Crippen LogP contribution in [0.25, 0.3) is 0 Å². The van der Waals surface area contributed by atoms with Gasteiger partial charge in [-0.15, -0.1) is 5.10 Å². The van der Waals surface area contributed by atoms with E-state index in [1.807, 2.05) is 0 Å². The van der Waals surface area contributed by atoms with Gasteiger partial charge in [0.25, 0.3) is 0 Å². The molecule has 1 saturated carbocycles. The van der Waals surface area contributed by atoms with E-state index in [-0.39, 0.29) is 11.7 Å². The summed E-state index contributed by atoms with van der Waals surface area (Å²) in [6, 6.07) is 0.263. The van der Waals surface area contributed by atoms with Crippen molar-refractivity contribution in [3.8, 4) is 0 Å². The largest absolute Gasteiger partial charge is 0.476 e. The first-order chi connectivity index (χ1) is 7.11. The second kappa shape index (κ2) is 3.64. The molecule has 0 saturated heterocycles. The Balaban J connectivity index is 2.24. The molecule has 2 rings (SSSR count). The maximum Gasteiger partial charge on any atom is 0.358 e. The van der Waals surface area contributed by atoms with E-state index in [0.717, 1.165) is 0 Å². The second-order valence-electron chi connectivity index (χ2n) is 4.20.